The Labute approximate surface area is 67.9 Å². The number of aliphatic hydroxyl groups excluding tert-OH is 1. The second-order valence-electron chi connectivity index (χ2n) is 2.56. The normalized spacial score (nSPS) is 10.9. The lowest BCUT2D eigenvalue weighted by atomic mass is 10.4. The maximum Gasteiger partial charge on any atom is 0.0698 e. The third-order valence-corrected chi connectivity index (χ3v) is 0.998. The highest BCUT2D eigenvalue weighted by atomic mass is 16.5. The zero-order chi connectivity index (χ0) is 8.53. The molecule has 68 valence electrons. The fourth-order valence-electron chi connectivity index (χ4n) is 0.566. The van der Waals surface area contributed by atoms with E-state index in [4.69, 9.17) is 9.84 Å². The van der Waals surface area contributed by atoms with E-state index in [9.17, 15) is 0 Å². The van der Waals surface area contributed by atoms with E-state index in [2.05, 4.69) is 24.7 Å². The zero-order valence-corrected chi connectivity index (χ0v) is 7.26. The molecule has 0 aromatic rings. The highest BCUT2D eigenvalue weighted by Crippen LogP contribution is 1.72. The molecule has 0 radical (unpaired) electrons. The van der Waals surface area contributed by atoms with Crippen molar-refractivity contribution in [3.63, 3.8) is 0 Å². The predicted octanol–water partition coefficient (Wildman–Crippen LogP) is -0.502. The van der Waals surface area contributed by atoms with E-state index in [1.54, 1.807) is 0 Å². The summed E-state index contributed by atoms with van der Waals surface area (Å²) in [5, 5.41) is 8.35. The number of nitrogens with one attached hydrogen (secondary N) is 2. The standard InChI is InChI=1S/C7H18N2O2/c1-7(2)9-8-3-5-11-6-4-10/h7-10H,3-6H2,1-2H3. The molecule has 0 aromatic carbocycles. The smallest absolute Gasteiger partial charge is 0.0698 e. The molecule has 0 saturated carbocycles. The van der Waals surface area contributed by atoms with Crippen molar-refractivity contribution in [3.8, 4) is 0 Å². The van der Waals surface area contributed by atoms with Gasteiger partial charge in [-0.2, -0.15) is 0 Å². The molecule has 4 nitrogen and oxygen atoms in total. The topological polar surface area (TPSA) is 53.5 Å². The van der Waals surface area contributed by atoms with Crippen LogP contribution < -0.4 is 10.9 Å². The lowest BCUT2D eigenvalue weighted by Gasteiger charge is -2.09. The Morgan fingerprint density at radius 2 is 2.09 bits per heavy atom. The molecule has 0 spiro atoms. The van der Waals surface area contributed by atoms with Crippen LogP contribution in [-0.2, 0) is 4.74 Å². The van der Waals surface area contributed by atoms with Crippen LogP contribution >= 0.6 is 0 Å². The van der Waals surface area contributed by atoms with Gasteiger partial charge in [0.25, 0.3) is 0 Å². The Bertz CT molecular complexity index is 78.8. The largest absolute Gasteiger partial charge is 0.394 e. The number of hydrogen-bond donors (Lipinski definition) is 3. The highest BCUT2D eigenvalue weighted by Gasteiger charge is 1.89. The Balaban J connectivity index is 2.80. The zero-order valence-electron chi connectivity index (χ0n) is 7.26. The van der Waals surface area contributed by atoms with Crippen molar-refractivity contribution in [2.45, 2.75) is 19.9 Å². The molecule has 3 N–H and O–H groups in total. The van der Waals surface area contributed by atoms with Crippen LogP contribution in [0.5, 0.6) is 0 Å². The summed E-state index contributed by atoms with van der Waals surface area (Å²) in [5.41, 5.74) is 6.02. The van der Waals surface area contributed by atoms with Gasteiger partial charge in [-0.25, -0.2) is 0 Å². The molecule has 0 fully saturated rings. The molecular formula is C7H18N2O2. The van der Waals surface area contributed by atoms with Crippen LogP contribution in [0.15, 0.2) is 0 Å². The van der Waals surface area contributed by atoms with Gasteiger partial charge in [0.2, 0.25) is 0 Å². The van der Waals surface area contributed by atoms with E-state index in [1.165, 1.54) is 0 Å². The SMILES string of the molecule is CC(C)NNCCOCCO. The van der Waals surface area contributed by atoms with Crippen molar-refractivity contribution in [1.29, 1.82) is 0 Å². The summed E-state index contributed by atoms with van der Waals surface area (Å²) in [4.78, 5) is 0. The molecule has 0 aliphatic heterocycles. The van der Waals surface area contributed by atoms with E-state index >= 15 is 0 Å². The predicted molar refractivity (Wildman–Crippen MR) is 44.2 cm³/mol. The van der Waals surface area contributed by atoms with Gasteiger partial charge in [0.05, 0.1) is 19.8 Å². The Morgan fingerprint density at radius 3 is 2.64 bits per heavy atom. The van der Waals surface area contributed by atoms with Gasteiger partial charge in [0.1, 0.15) is 0 Å². The maximum atomic E-state index is 8.35. The number of rotatable bonds is 7. The summed E-state index contributed by atoms with van der Waals surface area (Å²) in [6.07, 6.45) is 0. The molecule has 11 heavy (non-hydrogen) atoms. The first kappa shape index (κ1) is 10.8. The van der Waals surface area contributed by atoms with Crippen LogP contribution in [0.25, 0.3) is 0 Å². The minimum atomic E-state index is 0.0949. The summed E-state index contributed by atoms with van der Waals surface area (Å²) in [6, 6.07) is 0.438. The van der Waals surface area contributed by atoms with Crippen LogP contribution in [0.1, 0.15) is 13.8 Å². The Kier molecular flexibility index (Phi) is 7.83. The average Bonchev–Trinajstić information content (AvgIpc) is 1.96. The van der Waals surface area contributed by atoms with Crippen molar-refractivity contribution in [1.82, 2.24) is 10.9 Å². The third-order valence-electron chi connectivity index (χ3n) is 0.998. The van der Waals surface area contributed by atoms with Crippen LogP contribution in [0.2, 0.25) is 0 Å². The lowest BCUT2D eigenvalue weighted by Crippen LogP contribution is -2.39. The molecule has 4 heteroatoms. The molecule has 0 heterocycles. The van der Waals surface area contributed by atoms with Gasteiger partial charge in [-0.15, -0.1) is 0 Å². The van der Waals surface area contributed by atoms with Gasteiger partial charge in [-0.3, -0.25) is 10.9 Å². The summed E-state index contributed by atoms with van der Waals surface area (Å²) < 4.78 is 5.01. The van der Waals surface area contributed by atoms with E-state index < -0.39 is 0 Å². The molecule has 0 atom stereocenters. The van der Waals surface area contributed by atoms with E-state index in [0.717, 1.165) is 6.54 Å². The van der Waals surface area contributed by atoms with Crippen molar-refractivity contribution < 1.29 is 9.84 Å². The summed E-state index contributed by atoms with van der Waals surface area (Å²) in [7, 11) is 0. The molecule has 0 aliphatic carbocycles. The molecular weight excluding hydrogens is 144 g/mol. The monoisotopic (exact) mass is 162 g/mol. The van der Waals surface area contributed by atoms with Crippen LogP contribution in [-0.4, -0.2) is 37.5 Å². The van der Waals surface area contributed by atoms with Gasteiger partial charge in [0, 0.05) is 12.6 Å². The molecule has 0 amide bonds. The van der Waals surface area contributed by atoms with Gasteiger partial charge in [-0.1, -0.05) is 0 Å². The number of aliphatic hydroxyl groups is 1. The maximum absolute atomic E-state index is 8.35. The quantitative estimate of drug-likeness (QED) is 0.349. The minimum Gasteiger partial charge on any atom is -0.394 e. The molecule has 0 aliphatic rings. The number of ether oxygens (including phenoxy) is 1. The molecule has 0 bridgehead atoms. The molecule has 0 unspecified atom stereocenters. The van der Waals surface area contributed by atoms with E-state index in [1.807, 2.05) is 0 Å². The van der Waals surface area contributed by atoms with E-state index in [-0.39, 0.29) is 6.61 Å². The second kappa shape index (κ2) is 7.94. The summed E-state index contributed by atoms with van der Waals surface area (Å²) in [6.45, 7) is 6.02. The first-order chi connectivity index (χ1) is 5.27. The van der Waals surface area contributed by atoms with Crippen molar-refractivity contribution in [3.05, 3.63) is 0 Å². The van der Waals surface area contributed by atoms with Crippen LogP contribution in [0.3, 0.4) is 0 Å². The number of hydrazine groups is 1. The van der Waals surface area contributed by atoms with Crippen molar-refractivity contribution >= 4 is 0 Å². The second-order valence-corrected chi connectivity index (χ2v) is 2.56. The van der Waals surface area contributed by atoms with Gasteiger partial charge in [0.15, 0.2) is 0 Å². The van der Waals surface area contributed by atoms with Crippen LogP contribution in [0, 0.1) is 0 Å². The van der Waals surface area contributed by atoms with Crippen LogP contribution in [0.4, 0.5) is 0 Å². The summed E-state index contributed by atoms with van der Waals surface area (Å²) in [5.74, 6) is 0. The fourth-order valence-corrected chi connectivity index (χ4v) is 0.566. The third kappa shape index (κ3) is 9.84. The number of hydrogen-bond acceptors (Lipinski definition) is 4. The fraction of sp³-hybridized carbons (Fsp3) is 1.00. The Morgan fingerprint density at radius 1 is 1.36 bits per heavy atom. The average molecular weight is 162 g/mol. The van der Waals surface area contributed by atoms with Gasteiger partial charge in [-0.05, 0) is 13.8 Å². The van der Waals surface area contributed by atoms with E-state index in [0.29, 0.717) is 19.3 Å². The van der Waals surface area contributed by atoms with Gasteiger partial charge >= 0.3 is 0 Å². The minimum absolute atomic E-state index is 0.0949. The Hall–Kier alpha value is -0.160. The highest BCUT2D eigenvalue weighted by molar-refractivity contribution is 4.46. The molecule has 0 aromatic heterocycles. The molecule has 0 rings (SSSR count). The van der Waals surface area contributed by atoms with Crippen molar-refractivity contribution in [2.75, 3.05) is 26.4 Å². The first-order valence-corrected chi connectivity index (χ1v) is 3.94. The van der Waals surface area contributed by atoms with Crippen molar-refractivity contribution in [2.24, 2.45) is 0 Å². The van der Waals surface area contributed by atoms with Gasteiger partial charge < -0.3 is 9.84 Å². The summed E-state index contributed by atoms with van der Waals surface area (Å²) >= 11 is 0. The lowest BCUT2D eigenvalue weighted by molar-refractivity contribution is 0.0919. The first-order valence-electron chi connectivity index (χ1n) is 3.94. The molecule has 0 saturated heterocycles.